The highest BCUT2D eigenvalue weighted by Gasteiger charge is 2.04. The van der Waals surface area contributed by atoms with Crippen molar-refractivity contribution >= 4 is 5.82 Å². The van der Waals surface area contributed by atoms with Crippen LogP contribution in [0.4, 0.5) is 5.82 Å². The van der Waals surface area contributed by atoms with Crippen molar-refractivity contribution in [3.8, 4) is 11.6 Å². The molecule has 0 unspecified atom stereocenters. The lowest BCUT2D eigenvalue weighted by Crippen LogP contribution is -2.08. The Kier molecular flexibility index (Phi) is 4.52. The summed E-state index contributed by atoms with van der Waals surface area (Å²) in [5.41, 5.74) is 2.26. The molecule has 3 aromatic rings. The number of hydrogen-bond donors (Lipinski definition) is 1. The molecule has 2 heterocycles. The summed E-state index contributed by atoms with van der Waals surface area (Å²) in [6.07, 6.45) is 6.12. The molecule has 0 aliphatic carbocycles. The van der Waals surface area contributed by atoms with Crippen LogP contribution < -0.4 is 10.1 Å². The summed E-state index contributed by atoms with van der Waals surface area (Å²) in [5, 5.41) is 7.57. The second-order valence-corrected chi connectivity index (χ2v) is 5.21. The highest BCUT2D eigenvalue weighted by Crippen LogP contribution is 2.18. The number of aromatic nitrogens is 4. The van der Waals surface area contributed by atoms with Gasteiger partial charge in [-0.25, -0.2) is 14.6 Å². The van der Waals surface area contributed by atoms with Gasteiger partial charge < -0.3 is 10.1 Å². The van der Waals surface area contributed by atoms with E-state index in [1.807, 2.05) is 37.4 Å². The van der Waals surface area contributed by atoms with Crippen LogP contribution in [0.5, 0.6) is 5.75 Å². The zero-order chi connectivity index (χ0) is 16.1. The molecule has 0 radical (unpaired) electrons. The van der Waals surface area contributed by atoms with Crippen molar-refractivity contribution in [2.24, 2.45) is 0 Å². The van der Waals surface area contributed by atoms with E-state index in [-0.39, 0.29) is 0 Å². The van der Waals surface area contributed by atoms with E-state index in [0.29, 0.717) is 0 Å². The van der Waals surface area contributed by atoms with E-state index < -0.39 is 0 Å². The first-order valence-electron chi connectivity index (χ1n) is 7.46. The van der Waals surface area contributed by atoms with Crippen molar-refractivity contribution in [2.45, 2.75) is 13.3 Å². The Morgan fingerprint density at radius 2 is 2.09 bits per heavy atom. The number of nitrogens with zero attached hydrogens (tertiary/aromatic N) is 4. The van der Waals surface area contributed by atoms with Crippen LogP contribution in [0.25, 0.3) is 5.82 Å². The van der Waals surface area contributed by atoms with Crippen molar-refractivity contribution in [1.82, 2.24) is 19.7 Å². The molecule has 0 fully saturated rings. The van der Waals surface area contributed by atoms with Crippen molar-refractivity contribution in [1.29, 1.82) is 0 Å². The zero-order valence-corrected chi connectivity index (χ0v) is 13.2. The largest absolute Gasteiger partial charge is 0.496 e. The molecule has 0 spiro atoms. The van der Waals surface area contributed by atoms with Crippen LogP contribution in [0.1, 0.15) is 11.1 Å². The van der Waals surface area contributed by atoms with Crippen LogP contribution in [0.15, 0.2) is 49.1 Å². The Morgan fingerprint density at radius 1 is 1.22 bits per heavy atom. The van der Waals surface area contributed by atoms with E-state index in [0.717, 1.165) is 35.9 Å². The summed E-state index contributed by atoms with van der Waals surface area (Å²) in [5.74, 6) is 2.43. The van der Waals surface area contributed by atoms with Gasteiger partial charge in [0.15, 0.2) is 5.82 Å². The lowest BCUT2D eigenvalue weighted by atomic mass is 10.1. The van der Waals surface area contributed by atoms with Crippen molar-refractivity contribution in [2.75, 3.05) is 19.0 Å². The Balaban J connectivity index is 1.65. The fourth-order valence-electron chi connectivity index (χ4n) is 2.34. The molecule has 0 atom stereocenters. The summed E-state index contributed by atoms with van der Waals surface area (Å²) >= 11 is 0. The first kappa shape index (κ1) is 15.0. The standard InChI is InChI=1S/C17H19N5O/c1-13-10-21-22(11-13)17-9-16(19-12-20-17)18-8-7-14-5-3-4-6-15(14)23-2/h3-6,9-12H,7-8H2,1-2H3,(H,18,19,20). The molecule has 0 aliphatic heterocycles. The van der Waals surface area contributed by atoms with Gasteiger partial charge in [0, 0.05) is 18.8 Å². The first-order chi connectivity index (χ1) is 11.3. The third-order valence-electron chi connectivity index (χ3n) is 3.49. The molecule has 1 aromatic carbocycles. The van der Waals surface area contributed by atoms with E-state index in [1.54, 1.807) is 18.0 Å². The predicted octanol–water partition coefficient (Wildman–Crippen LogP) is 2.63. The Bertz CT molecular complexity index is 784. The molecule has 0 amide bonds. The Labute approximate surface area is 135 Å². The third kappa shape index (κ3) is 3.66. The van der Waals surface area contributed by atoms with Gasteiger partial charge in [0.05, 0.1) is 13.3 Å². The number of ether oxygens (including phenoxy) is 1. The van der Waals surface area contributed by atoms with Crippen LogP contribution in [0.2, 0.25) is 0 Å². The van der Waals surface area contributed by atoms with Gasteiger partial charge in [-0.3, -0.25) is 0 Å². The molecule has 6 heteroatoms. The maximum atomic E-state index is 5.36. The fourth-order valence-corrected chi connectivity index (χ4v) is 2.34. The smallest absolute Gasteiger partial charge is 0.158 e. The number of methoxy groups -OCH3 is 1. The molecule has 1 N–H and O–H groups in total. The van der Waals surface area contributed by atoms with E-state index in [1.165, 1.54) is 11.9 Å². The van der Waals surface area contributed by atoms with Crippen LogP contribution in [0, 0.1) is 6.92 Å². The first-order valence-corrected chi connectivity index (χ1v) is 7.46. The summed E-state index contributed by atoms with van der Waals surface area (Å²) < 4.78 is 7.10. The number of aryl methyl sites for hydroxylation is 1. The molecule has 2 aromatic heterocycles. The van der Waals surface area contributed by atoms with Crippen molar-refractivity contribution in [3.63, 3.8) is 0 Å². The average Bonchev–Trinajstić information content (AvgIpc) is 3.02. The van der Waals surface area contributed by atoms with E-state index in [2.05, 4.69) is 26.4 Å². The second kappa shape index (κ2) is 6.91. The minimum Gasteiger partial charge on any atom is -0.496 e. The number of nitrogens with one attached hydrogen (secondary N) is 1. The minimum atomic E-state index is 0.743. The lowest BCUT2D eigenvalue weighted by Gasteiger charge is -2.10. The maximum absolute atomic E-state index is 5.36. The molecular formula is C17H19N5O. The second-order valence-electron chi connectivity index (χ2n) is 5.21. The Hall–Kier alpha value is -2.89. The lowest BCUT2D eigenvalue weighted by molar-refractivity contribution is 0.410. The topological polar surface area (TPSA) is 64.9 Å². The predicted molar refractivity (Wildman–Crippen MR) is 89.1 cm³/mol. The normalized spacial score (nSPS) is 10.5. The van der Waals surface area contributed by atoms with Gasteiger partial charge in [0.1, 0.15) is 17.9 Å². The molecule has 0 aliphatic rings. The molecule has 23 heavy (non-hydrogen) atoms. The van der Waals surface area contributed by atoms with Gasteiger partial charge in [0.2, 0.25) is 0 Å². The summed E-state index contributed by atoms with van der Waals surface area (Å²) in [6.45, 7) is 2.76. The number of anilines is 1. The van der Waals surface area contributed by atoms with Crippen LogP contribution >= 0.6 is 0 Å². The SMILES string of the molecule is COc1ccccc1CCNc1cc(-n2cc(C)cn2)ncn1. The third-order valence-corrected chi connectivity index (χ3v) is 3.49. The molecule has 3 rings (SSSR count). The number of benzene rings is 1. The Morgan fingerprint density at radius 3 is 2.87 bits per heavy atom. The van der Waals surface area contributed by atoms with Crippen molar-refractivity contribution < 1.29 is 4.74 Å². The van der Waals surface area contributed by atoms with Gasteiger partial charge in [-0.1, -0.05) is 18.2 Å². The quantitative estimate of drug-likeness (QED) is 0.758. The maximum Gasteiger partial charge on any atom is 0.158 e. The van der Waals surface area contributed by atoms with Crippen LogP contribution in [-0.2, 0) is 6.42 Å². The van der Waals surface area contributed by atoms with Gasteiger partial charge in [-0.05, 0) is 30.5 Å². The summed E-state index contributed by atoms with van der Waals surface area (Å²) in [6, 6.07) is 9.91. The summed E-state index contributed by atoms with van der Waals surface area (Å²) in [7, 11) is 1.69. The molecule has 0 saturated carbocycles. The van der Waals surface area contributed by atoms with E-state index in [9.17, 15) is 0 Å². The fraction of sp³-hybridized carbons (Fsp3) is 0.235. The summed E-state index contributed by atoms with van der Waals surface area (Å²) in [4.78, 5) is 8.50. The zero-order valence-electron chi connectivity index (χ0n) is 13.2. The minimum absolute atomic E-state index is 0.743. The molecule has 0 saturated heterocycles. The number of rotatable bonds is 6. The number of hydrogen-bond acceptors (Lipinski definition) is 5. The highest BCUT2D eigenvalue weighted by atomic mass is 16.5. The molecule has 6 nitrogen and oxygen atoms in total. The highest BCUT2D eigenvalue weighted by molar-refractivity contribution is 5.41. The molecular weight excluding hydrogens is 290 g/mol. The molecule has 118 valence electrons. The van der Waals surface area contributed by atoms with Gasteiger partial charge in [0.25, 0.3) is 0 Å². The van der Waals surface area contributed by atoms with Gasteiger partial charge >= 0.3 is 0 Å². The van der Waals surface area contributed by atoms with Gasteiger partial charge in [-0.2, -0.15) is 5.10 Å². The molecule has 0 bridgehead atoms. The van der Waals surface area contributed by atoms with Crippen LogP contribution in [0.3, 0.4) is 0 Å². The number of para-hydroxylation sites is 1. The van der Waals surface area contributed by atoms with Gasteiger partial charge in [-0.15, -0.1) is 0 Å². The average molecular weight is 309 g/mol. The van der Waals surface area contributed by atoms with E-state index >= 15 is 0 Å². The van der Waals surface area contributed by atoms with Crippen molar-refractivity contribution in [3.05, 3.63) is 60.2 Å². The van der Waals surface area contributed by atoms with Crippen LogP contribution in [-0.4, -0.2) is 33.4 Å². The van der Waals surface area contributed by atoms with E-state index in [4.69, 9.17) is 4.74 Å². The monoisotopic (exact) mass is 309 g/mol.